The van der Waals surface area contributed by atoms with E-state index >= 15 is 0 Å². The highest BCUT2D eigenvalue weighted by atomic mass is 19.4. The SMILES string of the molecule is COc1cccc(CC(=O)Nc2ccc(OCC(F)(F)F)nc2)c1. The number of hydrogen-bond donors (Lipinski definition) is 1. The number of benzene rings is 1. The van der Waals surface area contributed by atoms with Gasteiger partial charge in [0.15, 0.2) is 6.61 Å². The van der Waals surface area contributed by atoms with Crippen molar-refractivity contribution in [1.82, 2.24) is 4.98 Å². The lowest BCUT2D eigenvalue weighted by molar-refractivity contribution is -0.154. The summed E-state index contributed by atoms with van der Waals surface area (Å²) in [6.07, 6.45) is -3.07. The zero-order valence-corrected chi connectivity index (χ0v) is 12.8. The summed E-state index contributed by atoms with van der Waals surface area (Å²) in [5.41, 5.74) is 1.13. The van der Waals surface area contributed by atoms with Gasteiger partial charge in [-0.25, -0.2) is 4.98 Å². The normalized spacial score (nSPS) is 11.0. The van der Waals surface area contributed by atoms with E-state index < -0.39 is 12.8 Å². The molecule has 0 aliphatic carbocycles. The number of hydrogen-bond acceptors (Lipinski definition) is 4. The maximum Gasteiger partial charge on any atom is 0.422 e. The molecule has 0 bridgehead atoms. The van der Waals surface area contributed by atoms with E-state index in [1.807, 2.05) is 0 Å². The minimum Gasteiger partial charge on any atom is -0.497 e. The molecule has 1 amide bonds. The zero-order valence-electron chi connectivity index (χ0n) is 12.8. The van der Waals surface area contributed by atoms with Crippen LogP contribution in [0.5, 0.6) is 11.6 Å². The number of rotatable bonds is 6. The molecule has 1 aromatic heterocycles. The van der Waals surface area contributed by atoms with E-state index in [1.165, 1.54) is 25.4 Å². The number of aromatic nitrogens is 1. The number of carbonyl (C=O) groups excluding carboxylic acids is 1. The predicted octanol–water partition coefficient (Wildman–Crippen LogP) is 3.21. The highest BCUT2D eigenvalue weighted by Crippen LogP contribution is 2.18. The van der Waals surface area contributed by atoms with Gasteiger partial charge in [0.1, 0.15) is 5.75 Å². The molecule has 128 valence electrons. The number of methoxy groups -OCH3 is 1. The van der Waals surface area contributed by atoms with Gasteiger partial charge in [0.2, 0.25) is 11.8 Å². The van der Waals surface area contributed by atoms with Gasteiger partial charge in [0.25, 0.3) is 0 Å². The van der Waals surface area contributed by atoms with Crippen LogP contribution in [0.25, 0.3) is 0 Å². The van der Waals surface area contributed by atoms with E-state index in [1.54, 1.807) is 24.3 Å². The average Bonchev–Trinajstić information content (AvgIpc) is 2.53. The lowest BCUT2D eigenvalue weighted by Gasteiger charge is -2.09. The van der Waals surface area contributed by atoms with E-state index in [9.17, 15) is 18.0 Å². The zero-order chi connectivity index (χ0) is 17.6. The van der Waals surface area contributed by atoms with Crippen LogP contribution in [0, 0.1) is 0 Å². The Hall–Kier alpha value is -2.77. The fourth-order valence-corrected chi connectivity index (χ4v) is 1.87. The third-order valence-electron chi connectivity index (χ3n) is 2.90. The van der Waals surface area contributed by atoms with Gasteiger partial charge in [-0.2, -0.15) is 13.2 Å². The average molecular weight is 340 g/mol. The van der Waals surface area contributed by atoms with Crippen molar-refractivity contribution in [3.8, 4) is 11.6 Å². The van der Waals surface area contributed by atoms with Crippen LogP contribution < -0.4 is 14.8 Å². The number of nitrogens with zero attached hydrogens (tertiary/aromatic N) is 1. The number of nitrogens with one attached hydrogen (secondary N) is 1. The van der Waals surface area contributed by atoms with Crippen molar-refractivity contribution in [3.63, 3.8) is 0 Å². The number of halogens is 3. The van der Waals surface area contributed by atoms with Crippen molar-refractivity contribution in [1.29, 1.82) is 0 Å². The highest BCUT2D eigenvalue weighted by molar-refractivity contribution is 5.92. The van der Waals surface area contributed by atoms with Crippen molar-refractivity contribution in [3.05, 3.63) is 48.2 Å². The van der Waals surface area contributed by atoms with Gasteiger partial charge in [-0.15, -0.1) is 0 Å². The van der Waals surface area contributed by atoms with Crippen LogP contribution in [-0.2, 0) is 11.2 Å². The quantitative estimate of drug-likeness (QED) is 0.877. The Labute approximate surface area is 136 Å². The first kappa shape index (κ1) is 17.6. The van der Waals surface area contributed by atoms with Gasteiger partial charge in [-0.05, 0) is 23.8 Å². The molecule has 0 atom stereocenters. The smallest absolute Gasteiger partial charge is 0.422 e. The summed E-state index contributed by atoms with van der Waals surface area (Å²) < 4.78 is 45.7. The Balaban J connectivity index is 1.89. The van der Waals surface area contributed by atoms with Crippen LogP contribution in [0.1, 0.15) is 5.56 Å². The van der Waals surface area contributed by atoms with Gasteiger partial charge in [-0.3, -0.25) is 4.79 Å². The number of ether oxygens (including phenoxy) is 2. The van der Waals surface area contributed by atoms with E-state index in [4.69, 9.17) is 4.74 Å². The van der Waals surface area contributed by atoms with E-state index in [2.05, 4.69) is 15.0 Å². The first-order valence-electron chi connectivity index (χ1n) is 6.94. The first-order valence-corrected chi connectivity index (χ1v) is 6.94. The number of anilines is 1. The minimum absolute atomic E-state index is 0.128. The largest absolute Gasteiger partial charge is 0.497 e. The van der Waals surface area contributed by atoms with Crippen molar-refractivity contribution < 1.29 is 27.4 Å². The summed E-state index contributed by atoms with van der Waals surface area (Å²) in [6.45, 7) is -1.42. The molecule has 24 heavy (non-hydrogen) atoms. The van der Waals surface area contributed by atoms with E-state index in [-0.39, 0.29) is 18.2 Å². The molecule has 2 aromatic rings. The second-order valence-electron chi connectivity index (χ2n) is 4.87. The molecule has 0 saturated heterocycles. The van der Waals surface area contributed by atoms with Crippen LogP contribution in [-0.4, -0.2) is 30.8 Å². The summed E-state index contributed by atoms with van der Waals surface area (Å²) in [7, 11) is 1.53. The van der Waals surface area contributed by atoms with Crippen molar-refractivity contribution >= 4 is 11.6 Å². The molecule has 8 heteroatoms. The second kappa shape index (κ2) is 7.67. The summed E-state index contributed by atoms with van der Waals surface area (Å²) in [4.78, 5) is 15.7. The molecule has 0 aliphatic heterocycles. The molecular formula is C16H15F3N2O3. The summed E-state index contributed by atoms with van der Waals surface area (Å²) in [6, 6.07) is 9.75. The molecule has 1 aromatic carbocycles. The van der Waals surface area contributed by atoms with Gasteiger partial charge in [0.05, 0.1) is 25.4 Å². The molecule has 0 spiro atoms. The molecule has 0 radical (unpaired) electrons. The van der Waals surface area contributed by atoms with E-state index in [0.717, 1.165) is 5.56 Å². The standard InChI is InChI=1S/C16H15F3N2O3/c1-23-13-4-2-3-11(7-13)8-14(22)21-12-5-6-15(20-9-12)24-10-16(17,18)19/h2-7,9H,8,10H2,1H3,(H,21,22). The fourth-order valence-electron chi connectivity index (χ4n) is 1.87. The van der Waals surface area contributed by atoms with Crippen LogP contribution in [0.4, 0.5) is 18.9 Å². The van der Waals surface area contributed by atoms with Gasteiger partial charge < -0.3 is 14.8 Å². The molecular weight excluding hydrogens is 325 g/mol. The van der Waals surface area contributed by atoms with Gasteiger partial charge in [-0.1, -0.05) is 12.1 Å². The predicted molar refractivity (Wildman–Crippen MR) is 81.1 cm³/mol. The molecule has 0 saturated carbocycles. The molecule has 5 nitrogen and oxygen atoms in total. The molecule has 1 N–H and O–H groups in total. The Morgan fingerprint density at radius 2 is 2.04 bits per heavy atom. The molecule has 2 rings (SSSR count). The van der Waals surface area contributed by atoms with Crippen molar-refractivity contribution in [2.45, 2.75) is 12.6 Å². The van der Waals surface area contributed by atoms with E-state index in [0.29, 0.717) is 11.4 Å². The van der Waals surface area contributed by atoms with Crippen LogP contribution in [0.15, 0.2) is 42.6 Å². The summed E-state index contributed by atoms with van der Waals surface area (Å²) in [5, 5.41) is 2.61. The fraction of sp³-hybridized carbons (Fsp3) is 0.250. The topological polar surface area (TPSA) is 60.5 Å². The van der Waals surface area contributed by atoms with Crippen molar-refractivity contribution in [2.24, 2.45) is 0 Å². The maximum absolute atomic E-state index is 12.0. The maximum atomic E-state index is 12.0. The number of amides is 1. The third kappa shape index (κ3) is 5.79. The van der Waals surface area contributed by atoms with Crippen molar-refractivity contribution in [2.75, 3.05) is 19.0 Å². The minimum atomic E-state index is -4.43. The van der Waals surface area contributed by atoms with Crippen LogP contribution in [0.3, 0.4) is 0 Å². The van der Waals surface area contributed by atoms with Crippen LogP contribution in [0.2, 0.25) is 0 Å². The van der Waals surface area contributed by atoms with Gasteiger partial charge in [0, 0.05) is 6.07 Å². The lowest BCUT2D eigenvalue weighted by Crippen LogP contribution is -2.19. The number of alkyl halides is 3. The highest BCUT2D eigenvalue weighted by Gasteiger charge is 2.28. The van der Waals surface area contributed by atoms with Gasteiger partial charge >= 0.3 is 6.18 Å². The first-order chi connectivity index (χ1) is 11.4. The Morgan fingerprint density at radius 1 is 1.25 bits per heavy atom. The number of carbonyl (C=O) groups is 1. The number of pyridine rings is 1. The lowest BCUT2D eigenvalue weighted by atomic mass is 10.1. The monoisotopic (exact) mass is 340 g/mol. The Kier molecular flexibility index (Phi) is 5.62. The molecule has 1 heterocycles. The Morgan fingerprint density at radius 3 is 2.67 bits per heavy atom. The van der Waals surface area contributed by atoms with Crippen LogP contribution >= 0.6 is 0 Å². The second-order valence-corrected chi connectivity index (χ2v) is 4.87. The summed E-state index contributed by atoms with van der Waals surface area (Å²) >= 11 is 0. The molecule has 0 aliphatic rings. The summed E-state index contributed by atoms with van der Waals surface area (Å²) in [5.74, 6) is 0.195. The Bertz CT molecular complexity index is 688. The molecule has 0 unspecified atom stereocenters. The molecule has 0 fully saturated rings. The third-order valence-corrected chi connectivity index (χ3v) is 2.90.